The third-order valence-corrected chi connectivity index (χ3v) is 4.66. The van der Waals surface area contributed by atoms with Crippen molar-refractivity contribution in [3.05, 3.63) is 36.5 Å². The van der Waals surface area contributed by atoms with Gasteiger partial charge in [-0.1, -0.05) is 0 Å². The molecule has 1 N–H and O–H groups in total. The molecule has 1 saturated heterocycles. The number of pyridine rings is 1. The number of amides is 1. The minimum atomic E-state index is 0.109. The molecule has 4 rings (SSSR count). The van der Waals surface area contributed by atoms with Crippen molar-refractivity contribution in [1.29, 1.82) is 0 Å². The number of H-pyrrole nitrogens is 1. The van der Waals surface area contributed by atoms with Crippen molar-refractivity contribution in [2.75, 3.05) is 4.90 Å². The second-order valence-corrected chi connectivity index (χ2v) is 7.00. The summed E-state index contributed by atoms with van der Waals surface area (Å²) in [6.07, 6.45) is 3.29. The van der Waals surface area contributed by atoms with E-state index in [1.807, 2.05) is 44.2 Å². The van der Waals surface area contributed by atoms with Crippen molar-refractivity contribution >= 4 is 22.6 Å². The molecule has 134 valence electrons. The van der Waals surface area contributed by atoms with E-state index in [4.69, 9.17) is 4.74 Å². The summed E-state index contributed by atoms with van der Waals surface area (Å²) >= 11 is 0. The monoisotopic (exact) mass is 350 g/mol. The van der Waals surface area contributed by atoms with Gasteiger partial charge < -0.3 is 4.74 Å². The van der Waals surface area contributed by atoms with Gasteiger partial charge in [0.15, 0.2) is 0 Å². The molecule has 1 aliphatic rings. The Morgan fingerprint density at radius 2 is 2.12 bits per heavy atom. The normalized spacial score (nSPS) is 17.5. The van der Waals surface area contributed by atoms with Crippen molar-refractivity contribution in [1.82, 2.24) is 15.2 Å². The van der Waals surface area contributed by atoms with Gasteiger partial charge in [-0.15, -0.1) is 0 Å². The fourth-order valence-corrected chi connectivity index (χ4v) is 3.44. The quantitative estimate of drug-likeness (QED) is 0.774. The standard InChI is InChI=1S/C20H22N4O2/c1-12(2)26-15-5-6-17-16(11-15)20(23-22-17)14-8-9-21-18(10-14)24-13(3)4-7-19(24)25/h5-6,8-13H,4,7H2,1-3H3,(H,22,23). The third kappa shape index (κ3) is 2.92. The molecule has 26 heavy (non-hydrogen) atoms. The number of aromatic amines is 1. The highest BCUT2D eigenvalue weighted by Gasteiger charge is 2.30. The predicted molar refractivity (Wildman–Crippen MR) is 101 cm³/mol. The molecule has 0 aliphatic carbocycles. The van der Waals surface area contributed by atoms with Gasteiger partial charge in [0, 0.05) is 29.6 Å². The molecule has 0 spiro atoms. The van der Waals surface area contributed by atoms with Gasteiger partial charge in [0.05, 0.1) is 11.6 Å². The average molecular weight is 350 g/mol. The SMILES string of the molecule is CC(C)Oc1ccc2[nH]nc(-c3ccnc(N4C(=O)CCC4C)c3)c2c1. The minimum absolute atomic E-state index is 0.109. The van der Waals surface area contributed by atoms with Gasteiger partial charge in [0.25, 0.3) is 0 Å². The Labute approximate surface area is 152 Å². The number of fused-ring (bicyclic) bond motifs is 1. The molecule has 1 fully saturated rings. The number of hydrogen-bond donors (Lipinski definition) is 1. The zero-order valence-electron chi connectivity index (χ0n) is 15.2. The Balaban J connectivity index is 1.76. The smallest absolute Gasteiger partial charge is 0.228 e. The number of benzene rings is 1. The molecule has 1 aromatic carbocycles. The molecule has 2 aromatic heterocycles. The summed E-state index contributed by atoms with van der Waals surface area (Å²) < 4.78 is 5.81. The molecular formula is C20H22N4O2. The number of hydrogen-bond acceptors (Lipinski definition) is 4. The average Bonchev–Trinajstić information content (AvgIpc) is 3.17. The van der Waals surface area contributed by atoms with Gasteiger partial charge in [-0.05, 0) is 57.5 Å². The Bertz CT molecular complexity index is 963. The van der Waals surface area contributed by atoms with Crippen molar-refractivity contribution in [3.8, 4) is 17.0 Å². The van der Waals surface area contributed by atoms with Gasteiger partial charge in [-0.2, -0.15) is 5.10 Å². The molecule has 0 bridgehead atoms. The minimum Gasteiger partial charge on any atom is -0.491 e. The maximum absolute atomic E-state index is 12.2. The molecule has 3 heterocycles. The van der Waals surface area contributed by atoms with Crippen LogP contribution in [0.25, 0.3) is 22.2 Å². The molecule has 1 aliphatic heterocycles. The Kier molecular flexibility index (Phi) is 4.11. The first kappa shape index (κ1) is 16.6. The van der Waals surface area contributed by atoms with Crippen LogP contribution in [0.3, 0.4) is 0 Å². The van der Waals surface area contributed by atoms with E-state index in [1.54, 1.807) is 11.1 Å². The first-order valence-corrected chi connectivity index (χ1v) is 8.96. The molecule has 0 radical (unpaired) electrons. The van der Waals surface area contributed by atoms with Gasteiger partial charge in [-0.25, -0.2) is 4.98 Å². The van der Waals surface area contributed by atoms with Gasteiger partial charge >= 0.3 is 0 Å². The third-order valence-electron chi connectivity index (χ3n) is 4.66. The van der Waals surface area contributed by atoms with Crippen molar-refractivity contribution < 1.29 is 9.53 Å². The first-order valence-electron chi connectivity index (χ1n) is 8.96. The van der Waals surface area contributed by atoms with E-state index in [1.165, 1.54) is 0 Å². The van der Waals surface area contributed by atoms with Crippen LogP contribution < -0.4 is 9.64 Å². The second kappa shape index (κ2) is 6.44. The summed E-state index contributed by atoms with van der Waals surface area (Å²) in [6.45, 7) is 6.06. The molecule has 1 amide bonds. The second-order valence-electron chi connectivity index (χ2n) is 7.00. The van der Waals surface area contributed by atoms with Crippen LogP contribution in [0.5, 0.6) is 5.75 Å². The lowest BCUT2D eigenvalue weighted by Crippen LogP contribution is -2.31. The van der Waals surface area contributed by atoms with Crippen molar-refractivity contribution in [3.63, 3.8) is 0 Å². The maximum atomic E-state index is 12.2. The molecule has 3 aromatic rings. The molecular weight excluding hydrogens is 328 g/mol. The van der Waals surface area contributed by atoms with E-state index in [9.17, 15) is 4.79 Å². The Morgan fingerprint density at radius 3 is 2.85 bits per heavy atom. The van der Waals surface area contributed by atoms with Crippen LogP contribution in [0.4, 0.5) is 5.82 Å². The van der Waals surface area contributed by atoms with E-state index >= 15 is 0 Å². The van der Waals surface area contributed by atoms with Crippen LogP contribution in [0.1, 0.15) is 33.6 Å². The number of ether oxygens (including phenoxy) is 1. The maximum Gasteiger partial charge on any atom is 0.228 e. The lowest BCUT2D eigenvalue weighted by atomic mass is 10.1. The zero-order chi connectivity index (χ0) is 18.3. The molecule has 6 heteroatoms. The lowest BCUT2D eigenvalue weighted by molar-refractivity contribution is -0.117. The summed E-state index contributed by atoms with van der Waals surface area (Å²) in [6, 6.07) is 9.93. The largest absolute Gasteiger partial charge is 0.491 e. The summed E-state index contributed by atoms with van der Waals surface area (Å²) in [5, 5.41) is 8.53. The van der Waals surface area contributed by atoms with E-state index in [2.05, 4.69) is 22.1 Å². The van der Waals surface area contributed by atoms with Crippen LogP contribution in [0, 0.1) is 0 Å². The number of rotatable bonds is 4. The first-order chi connectivity index (χ1) is 12.5. The van der Waals surface area contributed by atoms with Crippen molar-refractivity contribution in [2.45, 2.75) is 45.8 Å². The summed E-state index contributed by atoms with van der Waals surface area (Å²) in [7, 11) is 0. The highest BCUT2D eigenvalue weighted by Crippen LogP contribution is 2.32. The number of anilines is 1. The lowest BCUT2D eigenvalue weighted by Gasteiger charge is -2.20. The highest BCUT2D eigenvalue weighted by molar-refractivity contribution is 5.97. The highest BCUT2D eigenvalue weighted by atomic mass is 16.5. The van der Waals surface area contributed by atoms with Crippen LogP contribution >= 0.6 is 0 Å². The van der Waals surface area contributed by atoms with Crippen LogP contribution in [0.15, 0.2) is 36.5 Å². The van der Waals surface area contributed by atoms with Gasteiger partial charge in [0.1, 0.15) is 17.3 Å². The van der Waals surface area contributed by atoms with Crippen LogP contribution in [0.2, 0.25) is 0 Å². The predicted octanol–water partition coefficient (Wildman–Crippen LogP) is 3.93. The molecule has 6 nitrogen and oxygen atoms in total. The topological polar surface area (TPSA) is 71.1 Å². The zero-order valence-corrected chi connectivity index (χ0v) is 15.2. The fraction of sp³-hybridized carbons (Fsp3) is 0.350. The van der Waals surface area contributed by atoms with Gasteiger partial charge in [0.2, 0.25) is 5.91 Å². The van der Waals surface area contributed by atoms with E-state index in [-0.39, 0.29) is 18.1 Å². The van der Waals surface area contributed by atoms with E-state index in [0.717, 1.165) is 34.3 Å². The summed E-state index contributed by atoms with van der Waals surface area (Å²) in [4.78, 5) is 18.4. The molecule has 1 atom stereocenters. The fourth-order valence-electron chi connectivity index (χ4n) is 3.44. The van der Waals surface area contributed by atoms with Crippen LogP contribution in [-0.4, -0.2) is 33.2 Å². The molecule has 1 unspecified atom stereocenters. The van der Waals surface area contributed by atoms with Crippen LogP contribution in [-0.2, 0) is 4.79 Å². The van der Waals surface area contributed by atoms with Gasteiger partial charge in [-0.3, -0.25) is 14.8 Å². The number of nitrogens with zero attached hydrogens (tertiary/aromatic N) is 3. The number of aromatic nitrogens is 3. The Morgan fingerprint density at radius 1 is 1.27 bits per heavy atom. The summed E-state index contributed by atoms with van der Waals surface area (Å²) in [5.74, 6) is 1.62. The number of carbonyl (C=O) groups is 1. The van der Waals surface area contributed by atoms with E-state index in [0.29, 0.717) is 12.2 Å². The summed E-state index contributed by atoms with van der Waals surface area (Å²) in [5.41, 5.74) is 2.70. The number of nitrogens with one attached hydrogen (secondary N) is 1. The van der Waals surface area contributed by atoms with Crippen molar-refractivity contribution in [2.24, 2.45) is 0 Å². The number of carbonyl (C=O) groups excluding carboxylic acids is 1. The van der Waals surface area contributed by atoms with E-state index < -0.39 is 0 Å². The Hall–Kier alpha value is -2.89. The molecule has 0 saturated carbocycles.